The van der Waals surface area contributed by atoms with Crippen molar-refractivity contribution in [2.45, 2.75) is 19.4 Å². The molecule has 0 fully saturated rings. The first-order chi connectivity index (χ1) is 14.9. The number of hydrogen-bond acceptors (Lipinski definition) is 5. The van der Waals surface area contributed by atoms with E-state index in [0.29, 0.717) is 16.1 Å². The first kappa shape index (κ1) is 22.3. The van der Waals surface area contributed by atoms with Crippen LogP contribution in [0.2, 0.25) is 5.02 Å². The number of carbonyl (C=O) groups is 3. The summed E-state index contributed by atoms with van der Waals surface area (Å²) in [6.45, 7) is 1.44. The second-order valence-electron chi connectivity index (χ2n) is 6.66. The Balaban J connectivity index is 1.83. The van der Waals surface area contributed by atoms with Crippen molar-refractivity contribution >= 4 is 29.6 Å². The Hall–Kier alpha value is -3.39. The van der Waals surface area contributed by atoms with E-state index in [1.54, 1.807) is 31.2 Å². The molecule has 0 bridgehead atoms. The van der Waals surface area contributed by atoms with Gasteiger partial charge in [0.25, 0.3) is 0 Å². The van der Waals surface area contributed by atoms with E-state index < -0.39 is 29.8 Å². The van der Waals surface area contributed by atoms with Gasteiger partial charge < -0.3 is 20.1 Å². The first-order valence-corrected chi connectivity index (χ1v) is 9.88. The molecule has 162 valence electrons. The summed E-state index contributed by atoms with van der Waals surface area (Å²) in [7, 11) is 0. The van der Waals surface area contributed by atoms with Crippen LogP contribution in [0.3, 0.4) is 0 Å². The molecule has 0 aromatic heterocycles. The van der Waals surface area contributed by atoms with Crippen molar-refractivity contribution in [1.29, 1.82) is 0 Å². The summed E-state index contributed by atoms with van der Waals surface area (Å²) >= 11 is 5.93. The molecule has 1 atom stereocenters. The molecule has 2 N–H and O–H groups in total. The molecule has 0 unspecified atom stereocenters. The van der Waals surface area contributed by atoms with Crippen LogP contribution in [0, 0.1) is 5.82 Å². The number of ether oxygens (including phenoxy) is 2. The van der Waals surface area contributed by atoms with Crippen LogP contribution in [0.5, 0.6) is 0 Å². The lowest BCUT2D eigenvalue weighted by Gasteiger charge is -2.29. The molecule has 7 nitrogen and oxygen atoms in total. The van der Waals surface area contributed by atoms with Crippen LogP contribution in [0.15, 0.2) is 59.8 Å². The lowest BCUT2D eigenvalue weighted by atomic mass is 9.95. The van der Waals surface area contributed by atoms with Crippen LogP contribution in [-0.2, 0) is 25.5 Å². The standard InChI is InChI=1S/C22H20ClFN2O5/c1-2-30-21(28)19-17(12-31-18(27)11-13-3-9-16(24)10-4-13)25-22(29)26-20(19)14-5-7-15(23)8-6-14/h3-10,20H,2,11-12H2,1H3,(H2,25,26,29)/t20-/m0/s1. The number of carbonyl (C=O) groups excluding carboxylic acids is 3. The van der Waals surface area contributed by atoms with E-state index >= 15 is 0 Å². The van der Waals surface area contributed by atoms with Gasteiger partial charge in [-0.1, -0.05) is 35.9 Å². The quantitative estimate of drug-likeness (QED) is 0.635. The van der Waals surface area contributed by atoms with Crippen LogP contribution in [-0.4, -0.2) is 31.2 Å². The summed E-state index contributed by atoms with van der Waals surface area (Å²) in [5.41, 5.74) is 1.42. The lowest BCUT2D eigenvalue weighted by Crippen LogP contribution is -2.47. The van der Waals surface area contributed by atoms with Crippen molar-refractivity contribution in [3.05, 3.63) is 81.8 Å². The number of nitrogens with one attached hydrogen (secondary N) is 2. The van der Waals surface area contributed by atoms with Crippen LogP contribution >= 0.6 is 11.6 Å². The largest absolute Gasteiger partial charge is 0.463 e. The van der Waals surface area contributed by atoms with Gasteiger partial charge in [-0.3, -0.25) is 4.79 Å². The second kappa shape index (κ2) is 10.1. The predicted octanol–water partition coefficient (Wildman–Crippen LogP) is 3.44. The van der Waals surface area contributed by atoms with Crippen LogP contribution in [0.1, 0.15) is 24.1 Å². The number of amides is 2. The molecule has 2 aromatic rings. The molecule has 2 aromatic carbocycles. The highest BCUT2D eigenvalue weighted by Crippen LogP contribution is 2.28. The maximum absolute atomic E-state index is 13.0. The number of esters is 2. The van der Waals surface area contributed by atoms with Gasteiger partial charge in [0.1, 0.15) is 12.4 Å². The molecule has 31 heavy (non-hydrogen) atoms. The van der Waals surface area contributed by atoms with Crippen LogP contribution < -0.4 is 10.6 Å². The molecule has 0 saturated carbocycles. The van der Waals surface area contributed by atoms with E-state index in [0.717, 1.165) is 0 Å². The minimum absolute atomic E-state index is 0.0882. The third-order valence-corrected chi connectivity index (χ3v) is 4.74. The van der Waals surface area contributed by atoms with Crippen molar-refractivity contribution < 1.29 is 28.2 Å². The third kappa shape index (κ3) is 5.82. The van der Waals surface area contributed by atoms with Gasteiger partial charge in [-0.15, -0.1) is 0 Å². The molecule has 0 radical (unpaired) electrons. The molecule has 1 aliphatic rings. The predicted molar refractivity (Wildman–Crippen MR) is 111 cm³/mol. The number of rotatable bonds is 7. The highest BCUT2D eigenvalue weighted by molar-refractivity contribution is 6.30. The molecular formula is C22H20ClFN2O5. The van der Waals surface area contributed by atoms with Crippen molar-refractivity contribution in [2.24, 2.45) is 0 Å². The normalized spacial score (nSPS) is 15.7. The highest BCUT2D eigenvalue weighted by Gasteiger charge is 2.34. The van der Waals surface area contributed by atoms with Gasteiger partial charge in [0, 0.05) is 5.02 Å². The van der Waals surface area contributed by atoms with E-state index in [1.807, 2.05) is 0 Å². The Morgan fingerprint density at radius 3 is 2.39 bits per heavy atom. The summed E-state index contributed by atoms with van der Waals surface area (Å²) in [5, 5.41) is 5.70. The maximum Gasteiger partial charge on any atom is 0.338 e. The Morgan fingerprint density at radius 1 is 1.06 bits per heavy atom. The Morgan fingerprint density at radius 2 is 1.74 bits per heavy atom. The van der Waals surface area contributed by atoms with E-state index in [1.165, 1.54) is 24.3 Å². The van der Waals surface area contributed by atoms with Crippen LogP contribution in [0.25, 0.3) is 0 Å². The fourth-order valence-corrected chi connectivity index (χ4v) is 3.19. The Bertz CT molecular complexity index is 1010. The van der Waals surface area contributed by atoms with Crippen LogP contribution in [0.4, 0.5) is 9.18 Å². The smallest absolute Gasteiger partial charge is 0.338 e. The SMILES string of the molecule is CCOC(=O)C1=C(COC(=O)Cc2ccc(F)cc2)NC(=O)N[C@H]1c1ccc(Cl)cc1. The number of halogens is 2. The summed E-state index contributed by atoms with van der Waals surface area (Å²) in [6, 6.07) is 10.7. The third-order valence-electron chi connectivity index (χ3n) is 4.49. The maximum atomic E-state index is 13.0. The average molecular weight is 447 g/mol. The van der Waals surface area contributed by atoms with E-state index in [9.17, 15) is 18.8 Å². The van der Waals surface area contributed by atoms with Crippen molar-refractivity contribution in [2.75, 3.05) is 13.2 Å². The molecule has 1 heterocycles. The van der Waals surface area contributed by atoms with Gasteiger partial charge in [-0.25, -0.2) is 14.0 Å². The van der Waals surface area contributed by atoms with E-state index in [4.69, 9.17) is 21.1 Å². The Kier molecular flexibility index (Phi) is 7.25. The first-order valence-electron chi connectivity index (χ1n) is 9.50. The number of urea groups is 1. The van der Waals surface area contributed by atoms with Gasteiger partial charge in [0.2, 0.25) is 0 Å². The number of hydrogen-bond donors (Lipinski definition) is 2. The summed E-state index contributed by atoms with van der Waals surface area (Å²) in [5.74, 6) is -1.66. The minimum Gasteiger partial charge on any atom is -0.463 e. The lowest BCUT2D eigenvalue weighted by molar-refractivity contribution is -0.143. The zero-order valence-electron chi connectivity index (χ0n) is 16.6. The molecule has 1 aliphatic heterocycles. The van der Waals surface area contributed by atoms with Gasteiger partial charge in [0.05, 0.1) is 30.3 Å². The van der Waals surface area contributed by atoms with Gasteiger partial charge in [-0.2, -0.15) is 0 Å². The highest BCUT2D eigenvalue weighted by atomic mass is 35.5. The molecule has 3 rings (SSSR count). The molecule has 0 spiro atoms. The molecular weight excluding hydrogens is 427 g/mol. The van der Waals surface area contributed by atoms with Crippen molar-refractivity contribution in [3.63, 3.8) is 0 Å². The zero-order chi connectivity index (χ0) is 22.4. The van der Waals surface area contributed by atoms with Gasteiger partial charge in [-0.05, 0) is 42.3 Å². The molecule has 9 heteroatoms. The summed E-state index contributed by atoms with van der Waals surface area (Å²) in [6.07, 6.45) is -0.0882. The van der Waals surface area contributed by atoms with Crippen molar-refractivity contribution in [1.82, 2.24) is 10.6 Å². The fourth-order valence-electron chi connectivity index (χ4n) is 3.06. The molecule has 0 aliphatic carbocycles. The molecule has 0 saturated heterocycles. The minimum atomic E-state index is -0.809. The fraction of sp³-hybridized carbons (Fsp3) is 0.227. The monoisotopic (exact) mass is 446 g/mol. The van der Waals surface area contributed by atoms with E-state index in [-0.39, 0.29) is 30.9 Å². The summed E-state index contributed by atoms with van der Waals surface area (Å²) < 4.78 is 23.4. The van der Waals surface area contributed by atoms with Gasteiger partial charge >= 0.3 is 18.0 Å². The Labute approximate surface area is 183 Å². The number of benzene rings is 2. The van der Waals surface area contributed by atoms with Crippen molar-refractivity contribution in [3.8, 4) is 0 Å². The van der Waals surface area contributed by atoms with Gasteiger partial charge in [0.15, 0.2) is 0 Å². The molecule has 2 amide bonds. The summed E-state index contributed by atoms with van der Waals surface area (Å²) in [4.78, 5) is 37.1. The van der Waals surface area contributed by atoms with E-state index in [2.05, 4.69) is 10.6 Å². The average Bonchev–Trinajstić information content (AvgIpc) is 2.74. The topological polar surface area (TPSA) is 93.7 Å². The second-order valence-corrected chi connectivity index (χ2v) is 7.10. The zero-order valence-corrected chi connectivity index (χ0v) is 17.4.